The monoisotopic (exact) mass is 429 g/mol. The average molecular weight is 430 g/mol. The van der Waals surface area contributed by atoms with Gasteiger partial charge in [-0.1, -0.05) is 28.1 Å². The van der Waals surface area contributed by atoms with Crippen LogP contribution in [0.2, 0.25) is 0 Å². The summed E-state index contributed by atoms with van der Waals surface area (Å²) in [5.41, 5.74) is 4.16. The lowest BCUT2D eigenvalue weighted by molar-refractivity contribution is -0.126. The zero-order valence-electron chi connectivity index (χ0n) is 14.9. The first-order chi connectivity index (χ1) is 13.1. The third-order valence-corrected chi connectivity index (χ3v) is 4.74. The molecule has 0 saturated carbocycles. The first kappa shape index (κ1) is 19.1. The van der Waals surface area contributed by atoms with E-state index in [1.54, 1.807) is 11.1 Å². The van der Waals surface area contributed by atoms with E-state index in [0.717, 1.165) is 21.5 Å². The maximum atomic E-state index is 12.3. The van der Waals surface area contributed by atoms with Crippen molar-refractivity contribution in [2.24, 2.45) is 11.0 Å². The van der Waals surface area contributed by atoms with Crippen molar-refractivity contribution in [2.45, 2.75) is 13.3 Å². The number of anilines is 1. The molecule has 1 aliphatic heterocycles. The summed E-state index contributed by atoms with van der Waals surface area (Å²) in [4.78, 5) is 26.2. The highest BCUT2D eigenvalue weighted by Crippen LogP contribution is 2.27. The molecule has 2 amide bonds. The van der Waals surface area contributed by atoms with Crippen LogP contribution in [0, 0.1) is 5.92 Å². The van der Waals surface area contributed by atoms with E-state index < -0.39 is 5.92 Å². The highest BCUT2D eigenvalue weighted by molar-refractivity contribution is 9.10. The van der Waals surface area contributed by atoms with Crippen molar-refractivity contribution >= 4 is 39.6 Å². The number of hydrogen-bond donors (Lipinski definition) is 1. The minimum absolute atomic E-state index is 0.0730. The third-order valence-electron chi connectivity index (χ3n) is 4.21. The molecular weight excluding hydrogens is 410 g/mol. The smallest absolute Gasteiger partial charge is 0.245 e. The molecule has 1 fully saturated rings. The molecular formula is C20H20BrN3O3. The summed E-state index contributed by atoms with van der Waals surface area (Å²) in [6.45, 7) is 2.85. The lowest BCUT2D eigenvalue weighted by atomic mass is 10.1. The minimum Gasteiger partial charge on any atom is -0.494 e. The molecule has 1 atom stereocenters. The Balaban J connectivity index is 1.57. The van der Waals surface area contributed by atoms with Crippen LogP contribution in [0.25, 0.3) is 0 Å². The molecule has 0 aliphatic carbocycles. The lowest BCUT2D eigenvalue weighted by Gasteiger charge is -2.17. The van der Waals surface area contributed by atoms with E-state index >= 15 is 0 Å². The van der Waals surface area contributed by atoms with E-state index in [-0.39, 0.29) is 18.2 Å². The zero-order chi connectivity index (χ0) is 19.2. The Labute approximate surface area is 166 Å². The first-order valence-electron chi connectivity index (χ1n) is 8.68. The Morgan fingerprint density at radius 3 is 2.63 bits per heavy atom. The van der Waals surface area contributed by atoms with E-state index in [0.29, 0.717) is 13.2 Å². The summed E-state index contributed by atoms with van der Waals surface area (Å²) < 4.78 is 6.39. The molecule has 27 heavy (non-hydrogen) atoms. The van der Waals surface area contributed by atoms with Gasteiger partial charge in [-0.15, -0.1) is 0 Å². The van der Waals surface area contributed by atoms with Crippen molar-refractivity contribution in [2.75, 3.05) is 18.1 Å². The van der Waals surface area contributed by atoms with Crippen LogP contribution in [0.15, 0.2) is 58.1 Å². The van der Waals surface area contributed by atoms with Crippen LogP contribution in [0.1, 0.15) is 18.9 Å². The van der Waals surface area contributed by atoms with Gasteiger partial charge in [0, 0.05) is 23.1 Å². The van der Waals surface area contributed by atoms with Gasteiger partial charge in [-0.05, 0) is 48.9 Å². The fourth-order valence-electron chi connectivity index (χ4n) is 2.83. The Hall–Kier alpha value is -2.67. The number of hydrazone groups is 1. The van der Waals surface area contributed by atoms with Gasteiger partial charge in [0.25, 0.3) is 0 Å². The van der Waals surface area contributed by atoms with Crippen molar-refractivity contribution < 1.29 is 14.3 Å². The maximum Gasteiger partial charge on any atom is 0.245 e. The Morgan fingerprint density at radius 1 is 1.26 bits per heavy atom. The maximum absolute atomic E-state index is 12.3. The van der Waals surface area contributed by atoms with Gasteiger partial charge in [-0.2, -0.15) is 5.10 Å². The molecule has 0 unspecified atom stereocenters. The number of carbonyl (C=O) groups is 2. The van der Waals surface area contributed by atoms with E-state index in [2.05, 4.69) is 26.5 Å². The summed E-state index contributed by atoms with van der Waals surface area (Å²) in [6.07, 6.45) is 1.75. The molecule has 1 heterocycles. The van der Waals surface area contributed by atoms with Gasteiger partial charge in [-0.3, -0.25) is 9.59 Å². The van der Waals surface area contributed by atoms with Gasteiger partial charge in [0.1, 0.15) is 5.75 Å². The molecule has 0 radical (unpaired) electrons. The van der Waals surface area contributed by atoms with Crippen LogP contribution < -0.4 is 15.1 Å². The largest absolute Gasteiger partial charge is 0.494 e. The van der Waals surface area contributed by atoms with E-state index in [9.17, 15) is 9.59 Å². The van der Waals surface area contributed by atoms with Gasteiger partial charge in [0.15, 0.2) is 0 Å². The van der Waals surface area contributed by atoms with Crippen LogP contribution in [0.3, 0.4) is 0 Å². The molecule has 0 spiro atoms. The second kappa shape index (κ2) is 8.81. The number of rotatable bonds is 6. The van der Waals surface area contributed by atoms with E-state index in [4.69, 9.17) is 4.74 Å². The van der Waals surface area contributed by atoms with Crippen LogP contribution in [0.4, 0.5) is 5.69 Å². The lowest BCUT2D eigenvalue weighted by Crippen LogP contribution is -2.30. The topological polar surface area (TPSA) is 71.0 Å². The third kappa shape index (κ3) is 4.95. The fourth-order valence-corrected chi connectivity index (χ4v) is 3.10. The normalized spacial score (nSPS) is 16.7. The quantitative estimate of drug-likeness (QED) is 0.565. The molecule has 1 aliphatic rings. The molecule has 2 aromatic carbocycles. The second-order valence-corrected chi connectivity index (χ2v) is 7.03. The molecule has 2 aromatic rings. The molecule has 140 valence electrons. The highest BCUT2D eigenvalue weighted by Gasteiger charge is 2.35. The molecule has 0 aromatic heterocycles. The van der Waals surface area contributed by atoms with Gasteiger partial charge < -0.3 is 9.64 Å². The van der Waals surface area contributed by atoms with Crippen molar-refractivity contribution in [3.8, 4) is 5.75 Å². The highest BCUT2D eigenvalue weighted by atomic mass is 79.9. The first-order valence-corrected chi connectivity index (χ1v) is 9.48. The summed E-state index contributed by atoms with van der Waals surface area (Å²) >= 11 is 3.37. The predicted molar refractivity (Wildman–Crippen MR) is 108 cm³/mol. The number of nitrogens with one attached hydrogen (secondary N) is 1. The summed E-state index contributed by atoms with van der Waals surface area (Å²) in [6, 6.07) is 14.9. The Bertz CT molecular complexity index is 835. The van der Waals surface area contributed by atoms with Crippen LogP contribution in [0.5, 0.6) is 5.75 Å². The second-order valence-electron chi connectivity index (χ2n) is 6.12. The molecule has 6 nitrogen and oxygen atoms in total. The van der Waals surface area contributed by atoms with Crippen LogP contribution >= 0.6 is 15.9 Å². The van der Waals surface area contributed by atoms with Gasteiger partial charge in [-0.25, -0.2) is 5.43 Å². The van der Waals surface area contributed by atoms with Crippen LogP contribution in [-0.2, 0) is 9.59 Å². The summed E-state index contributed by atoms with van der Waals surface area (Å²) in [5, 5.41) is 3.98. The van der Waals surface area contributed by atoms with Gasteiger partial charge >= 0.3 is 0 Å². The van der Waals surface area contributed by atoms with E-state index in [1.165, 1.54) is 0 Å². The Kier molecular flexibility index (Phi) is 6.24. The minimum atomic E-state index is -0.425. The molecule has 7 heteroatoms. The van der Waals surface area contributed by atoms with Crippen LogP contribution in [-0.4, -0.2) is 31.2 Å². The van der Waals surface area contributed by atoms with Crippen molar-refractivity contribution in [1.82, 2.24) is 5.43 Å². The number of ether oxygens (including phenoxy) is 1. The molecule has 0 bridgehead atoms. The van der Waals surface area contributed by atoms with Gasteiger partial charge in [0.2, 0.25) is 11.8 Å². The summed E-state index contributed by atoms with van der Waals surface area (Å²) in [7, 11) is 0. The average Bonchev–Trinajstić information content (AvgIpc) is 3.06. The number of carbonyl (C=O) groups excluding carboxylic acids is 2. The predicted octanol–water partition coefficient (Wildman–Crippen LogP) is 3.35. The number of hydrogen-bond acceptors (Lipinski definition) is 4. The number of amides is 2. The Morgan fingerprint density at radius 2 is 1.96 bits per heavy atom. The molecule has 1 saturated heterocycles. The summed E-state index contributed by atoms with van der Waals surface area (Å²) in [5.74, 6) is -0.00282. The van der Waals surface area contributed by atoms with Crippen molar-refractivity contribution in [3.05, 3.63) is 58.6 Å². The van der Waals surface area contributed by atoms with Crippen molar-refractivity contribution in [3.63, 3.8) is 0 Å². The SMILES string of the molecule is CCOc1ccc(N2C[C@H](C(=O)N/N=C\c3ccc(Br)cc3)CC2=O)cc1. The van der Waals surface area contributed by atoms with E-state index in [1.807, 2.05) is 55.5 Å². The number of benzene rings is 2. The fraction of sp³-hybridized carbons (Fsp3) is 0.250. The van der Waals surface area contributed by atoms with Gasteiger partial charge in [0.05, 0.1) is 18.7 Å². The van der Waals surface area contributed by atoms with Crippen molar-refractivity contribution in [1.29, 1.82) is 0 Å². The molecule has 1 N–H and O–H groups in total. The molecule has 3 rings (SSSR count). The number of halogens is 1. The standard InChI is InChI=1S/C20H20BrN3O3/c1-2-27-18-9-7-17(8-10-18)24-13-15(11-19(24)25)20(26)23-22-12-14-3-5-16(21)6-4-14/h3-10,12,15H,2,11,13H2,1H3,(H,23,26)/b22-12-/t15-/m1/s1. The number of nitrogens with zero attached hydrogens (tertiary/aromatic N) is 2. The zero-order valence-corrected chi connectivity index (χ0v) is 16.5.